The van der Waals surface area contributed by atoms with Crippen LogP contribution in [0.2, 0.25) is 0 Å². The minimum atomic E-state index is -0.450. The summed E-state index contributed by atoms with van der Waals surface area (Å²) < 4.78 is 27.5. The van der Waals surface area contributed by atoms with Gasteiger partial charge in [0.1, 0.15) is 11.6 Å². The number of benzene rings is 1. The Balaban J connectivity index is 2.24. The first-order chi connectivity index (χ1) is 9.10. The molecule has 3 nitrogen and oxygen atoms in total. The predicted molar refractivity (Wildman–Crippen MR) is 72.1 cm³/mol. The zero-order chi connectivity index (χ0) is 13.8. The van der Waals surface area contributed by atoms with Gasteiger partial charge in [-0.1, -0.05) is 22.0 Å². The number of rotatable bonds is 4. The van der Waals surface area contributed by atoms with Gasteiger partial charge in [-0.15, -0.1) is 0 Å². The van der Waals surface area contributed by atoms with Crippen molar-refractivity contribution in [3.63, 3.8) is 0 Å². The van der Waals surface area contributed by atoms with E-state index in [0.717, 1.165) is 6.20 Å². The van der Waals surface area contributed by atoms with Crippen molar-refractivity contribution in [2.45, 2.75) is 12.5 Å². The van der Waals surface area contributed by atoms with Gasteiger partial charge in [0, 0.05) is 10.7 Å². The number of nitrogens with one attached hydrogen (secondary N) is 1. The fraction of sp³-hybridized carbons (Fsp3) is 0.154. The third kappa shape index (κ3) is 3.56. The maximum atomic E-state index is 13.8. The van der Waals surface area contributed by atoms with Crippen LogP contribution >= 0.6 is 15.9 Å². The number of nitrogens with two attached hydrogens (primary N) is 1. The van der Waals surface area contributed by atoms with Gasteiger partial charge in [-0.25, -0.2) is 8.78 Å². The minimum Gasteiger partial charge on any atom is -0.271 e. The van der Waals surface area contributed by atoms with Crippen LogP contribution in [0.25, 0.3) is 0 Å². The van der Waals surface area contributed by atoms with Gasteiger partial charge >= 0.3 is 0 Å². The topological polar surface area (TPSA) is 50.9 Å². The van der Waals surface area contributed by atoms with Crippen molar-refractivity contribution in [3.8, 4) is 0 Å². The zero-order valence-electron chi connectivity index (χ0n) is 9.91. The van der Waals surface area contributed by atoms with Crippen molar-refractivity contribution >= 4 is 15.9 Å². The van der Waals surface area contributed by atoms with E-state index in [1.165, 1.54) is 18.3 Å². The molecular formula is C13H12BrF2N3. The highest BCUT2D eigenvalue weighted by atomic mass is 79.9. The Hall–Kier alpha value is -1.37. The molecule has 1 aromatic carbocycles. The largest absolute Gasteiger partial charge is 0.271 e. The number of hydrazine groups is 1. The van der Waals surface area contributed by atoms with Gasteiger partial charge in [0.15, 0.2) is 0 Å². The lowest BCUT2D eigenvalue weighted by Gasteiger charge is -2.16. The van der Waals surface area contributed by atoms with Crippen molar-refractivity contribution in [1.29, 1.82) is 0 Å². The number of halogens is 3. The van der Waals surface area contributed by atoms with E-state index in [-0.39, 0.29) is 5.82 Å². The molecule has 0 aliphatic rings. The molecule has 0 bridgehead atoms. The second kappa shape index (κ2) is 6.18. The molecule has 0 saturated heterocycles. The number of pyridine rings is 1. The molecule has 3 N–H and O–H groups in total. The highest BCUT2D eigenvalue weighted by Gasteiger charge is 2.14. The Morgan fingerprint density at radius 3 is 2.68 bits per heavy atom. The maximum Gasteiger partial charge on any atom is 0.141 e. The standard InChI is InChI=1S/C13H12BrF2N3/c14-10-2-1-8(12(16)5-10)4-13(19-17)9-3-11(15)7-18-6-9/h1-3,5-7,13,19H,4,17H2. The van der Waals surface area contributed by atoms with Gasteiger partial charge in [0.05, 0.1) is 12.2 Å². The lowest BCUT2D eigenvalue weighted by Crippen LogP contribution is -2.30. The molecule has 0 spiro atoms. The van der Waals surface area contributed by atoms with E-state index in [1.54, 1.807) is 12.1 Å². The summed E-state index contributed by atoms with van der Waals surface area (Å²) in [4.78, 5) is 3.76. The molecule has 1 unspecified atom stereocenters. The van der Waals surface area contributed by atoms with Gasteiger partial charge in [-0.05, 0) is 35.7 Å². The smallest absolute Gasteiger partial charge is 0.141 e. The number of aromatic nitrogens is 1. The number of hydrogen-bond donors (Lipinski definition) is 2. The van der Waals surface area contributed by atoms with Crippen LogP contribution in [0.15, 0.2) is 41.1 Å². The number of hydrogen-bond acceptors (Lipinski definition) is 3. The summed E-state index contributed by atoms with van der Waals surface area (Å²) in [6, 6.07) is 5.71. The van der Waals surface area contributed by atoms with E-state index >= 15 is 0 Å². The van der Waals surface area contributed by atoms with Gasteiger partial charge < -0.3 is 0 Å². The molecule has 0 radical (unpaired) electrons. The van der Waals surface area contributed by atoms with Gasteiger partial charge in [-0.3, -0.25) is 16.3 Å². The van der Waals surface area contributed by atoms with Gasteiger partial charge in [-0.2, -0.15) is 0 Å². The minimum absolute atomic E-state index is 0.306. The lowest BCUT2D eigenvalue weighted by atomic mass is 10.0. The fourth-order valence-corrected chi connectivity index (χ4v) is 2.13. The molecule has 2 aromatic rings. The highest BCUT2D eigenvalue weighted by Crippen LogP contribution is 2.22. The van der Waals surface area contributed by atoms with Crippen molar-refractivity contribution in [2.24, 2.45) is 5.84 Å². The molecule has 100 valence electrons. The molecule has 1 heterocycles. The van der Waals surface area contributed by atoms with E-state index in [9.17, 15) is 8.78 Å². The second-order valence-corrected chi connectivity index (χ2v) is 5.01. The Morgan fingerprint density at radius 1 is 1.26 bits per heavy atom. The fourth-order valence-electron chi connectivity index (χ4n) is 1.80. The number of nitrogens with zero attached hydrogens (tertiary/aromatic N) is 1. The second-order valence-electron chi connectivity index (χ2n) is 4.10. The summed E-state index contributed by atoms with van der Waals surface area (Å²) in [5.74, 6) is 4.67. The lowest BCUT2D eigenvalue weighted by molar-refractivity contribution is 0.522. The first-order valence-electron chi connectivity index (χ1n) is 5.60. The molecule has 0 fully saturated rings. The zero-order valence-corrected chi connectivity index (χ0v) is 11.5. The molecule has 0 amide bonds. The monoisotopic (exact) mass is 327 g/mol. The van der Waals surface area contributed by atoms with Crippen LogP contribution in [0.3, 0.4) is 0 Å². The summed E-state index contributed by atoms with van der Waals surface area (Å²) in [5, 5.41) is 0. The maximum absolute atomic E-state index is 13.8. The molecule has 0 aliphatic heterocycles. The summed E-state index contributed by atoms with van der Waals surface area (Å²) in [6.45, 7) is 0. The van der Waals surface area contributed by atoms with E-state index in [0.29, 0.717) is 22.0 Å². The van der Waals surface area contributed by atoms with Crippen molar-refractivity contribution in [3.05, 3.63) is 63.9 Å². The van der Waals surface area contributed by atoms with Gasteiger partial charge in [0.25, 0.3) is 0 Å². The average Bonchev–Trinajstić information content (AvgIpc) is 2.38. The Kier molecular flexibility index (Phi) is 4.57. The van der Waals surface area contributed by atoms with E-state index in [1.807, 2.05) is 0 Å². The summed E-state index contributed by atoms with van der Waals surface area (Å²) in [7, 11) is 0. The van der Waals surface area contributed by atoms with Crippen LogP contribution in [0.1, 0.15) is 17.2 Å². The molecule has 19 heavy (non-hydrogen) atoms. The molecule has 2 rings (SSSR count). The molecule has 0 aliphatic carbocycles. The molecule has 1 atom stereocenters. The Bertz CT molecular complexity index is 578. The van der Waals surface area contributed by atoms with E-state index < -0.39 is 11.9 Å². The first kappa shape index (κ1) is 14.0. The molecular weight excluding hydrogens is 316 g/mol. The normalized spacial score (nSPS) is 12.4. The predicted octanol–water partition coefficient (Wildman–Crippen LogP) is 2.87. The summed E-state index contributed by atoms with van der Waals surface area (Å²) in [6.07, 6.45) is 2.92. The SMILES string of the molecule is NNC(Cc1ccc(Br)cc1F)c1cncc(F)c1. The quantitative estimate of drug-likeness (QED) is 0.670. The highest BCUT2D eigenvalue weighted by molar-refractivity contribution is 9.10. The van der Waals surface area contributed by atoms with E-state index in [2.05, 4.69) is 26.3 Å². The van der Waals surface area contributed by atoms with Crippen LogP contribution in [-0.2, 0) is 6.42 Å². The van der Waals surface area contributed by atoms with Crippen LogP contribution in [0.5, 0.6) is 0 Å². The van der Waals surface area contributed by atoms with Crippen LogP contribution in [0.4, 0.5) is 8.78 Å². The average molecular weight is 328 g/mol. The van der Waals surface area contributed by atoms with Crippen molar-refractivity contribution in [2.75, 3.05) is 0 Å². The Labute approximate surface area is 117 Å². The first-order valence-corrected chi connectivity index (χ1v) is 6.40. The summed E-state index contributed by atoms with van der Waals surface area (Å²) in [5.41, 5.74) is 3.62. The van der Waals surface area contributed by atoms with E-state index in [4.69, 9.17) is 5.84 Å². The molecule has 1 aromatic heterocycles. The van der Waals surface area contributed by atoms with Gasteiger partial charge in [0.2, 0.25) is 0 Å². The Morgan fingerprint density at radius 2 is 2.05 bits per heavy atom. The van der Waals surface area contributed by atoms with Crippen molar-refractivity contribution < 1.29 is 8.78 Å². The summed E-state index contributed by atoms with van der Waals surface area (Å²) >= 11 is 3.19. The molecule has 6 heteroatoms. The third-order valence-electron chi connectivity index (χ3n) is 2.77. The van der Waals surface area contributed by atoms with Crippen LogP contribution in [-0.4, -0.2) is 4.98 Å². The van der Waals surface area contributed by atoms with Crippen LogP contribution in [0, 0.1) is 11.6 Å². The third-order valence-corrected chi connectivity index (χ3v) is 3.26. The van der Waals surface area contributed by atoms with Crippen LogP contribution < -0.4 is 11.3 Å². The molecule has 0 saturated carbocycles. The van der Waals surface area contributed by atoms with Crippen molar-refractivity contribution in [1.82, 2.24) is 10.4 Å².